The zero-order valence-corrected chi connectivity index (χ0v) is 19.0. The number of halogens is 4. The first-order valence-corrected chi connectivity index (χ1v) is 11.0. The standard InChI is InChI=1S/C24H21F4N5O3/c1-13(30-18-5-3-2-4-15(18)23(35)36)16-10-14(19(25)26)12-33-21(16)31-20(17(11-29)22(33)34)32-8-6-24(27,28)7-9-32/h2-5,10,12-13,19,30H,6-9H2,1H3,(H,35,36)/t13-/m1/s1. The average molecular weight is 503 g/mol. The van der Waals surface area contributed by atoms with Crippen LogP contribution in [-0.2, 0) is 0 Å². The van der Waals surface area contributed by atoms with E-state index >= 15 is 0 Å². The molecular weight excluding hydrogens is 482 g/mol. The van der Waals surface area contributed by atoms with Crippen molar-refractivity contribution >= 4 is 23.1 Å². The lowest BCUT2D eigenvalue weighted by molar-refractivity contribution is -0.0221. The van der Waals surface area contributed by atoms with E-state index in [1.807, 2.05) is 0 Å². The highest BCUT2D eigenvalue weighted by Crippen LogP contribution is 2.33. The Bertz CT molecular complexity index is 1420. The molecule has 1 fully saturated rings. The molecule has 0 bridgehead atoms. The van der Waals surface area contributed by atoms with Crippen LogP contribution in [0.5, 0.6) is 0 Å². The number of nitrogens with one attached hydrogen (secondary N) is 1. The smallest absolute Gasteiger partial charge is 0.337 e. The molecule has 3 heterocycles. The van der Waals surface area contributed by atoms with Gasteiger partial charge in [0.1, 0.15) is 11.7 Å². The normalized spacial score (nSPS) is 16.1. The van der Waals surface area contributed by atoms with Crippen molar-refractivity contribution in [2.45, 2.75) is 38.2 Å². The predicted molar refractivity (Wildman–Crippen MR) is 123 cm³/mol. The van der Waals surface area contributed by atoms with Crippen molar-refractivity contribution in [2.24, 2.45) is 0 Å². The van der Waals surface area contributed by atoms with Crippen LogP contribution in [0.25, 0.3) is 5.65 Å². The summed E-state index contributed by atoms with van der Waals surface area (Å²) in [5, 5.41) is 22.1. The molecule has 1 aliphatic rings. The van der Waals surface area contributed by atoms with Crippen LogP contribution in [0.4, 0.5) is 29.1 Å². The number of para-hydroxylation sites is 1. The highest BCUT2D eigenvalue weighted by atomic mass is 19.3. The number of aromatic carboxylic acids is 1. The summed E-state index contributed by atoms with van der Waals surface area (Å²) in [6.45, 7) is 1.29. The topological polar surface area (TPSA) is 111 Å². The Kier molecular flexibility index (Phi) is 6.58. The molecule has 1 aromatic carbocycles. The van der Waals surface area contributed by atoms with Crippen molar-refractivity contribution in [3.8, 4) is 6.07 Å². The van der Waals surface area contributed by atoms with E-state index in [-0.39, 0.29) is 41.4 Å². The molecule has 0 aliphatic carbocycles. The monoisotopic (exact) mass is 503 g/mol. The molecular formula is C24H21F4N5O3. The highest BCUT2D eigenvalue weighted by Gasteiger charge is 2.36. The molecule has 36 heavy (non-hydrogen) atoms. The molecule has 4 rings (SSSR count). The molecule has 3 aromatic rings. The van der Waals surface area contributed by atoms with Gasteiger partial charge in [0.2, 0.25) is 0 Å². The lowest BCUT2D eigenvalue weighted by Gasteiger charge is -2.33. The van der Waals surface area contributed by atoms with E-state index in [1.54, 1.807) is 19.1 Å². The van der Waals surface area contributed by atoms with Crippen LogP contribution in [-0.4, -0.2) is 39.5 Å². The zero-order chi connectivity index (χ0) is 26.2. The third-order valence-electron chi connectivity index (χ3n) is 6.11. The van der Waals surface area contributed by atoms with Crippen molar-refractivity contribution in [3.05, 3.63) is 69.1 Å². The summed E-state index contributed by atoms with van der Waals surface area (Å²) in [6, 6.07) is 8.09. The van der Waals surface area contributed by atoms with E-state index in [0.29, 0.717) is 0 Å². The summed E-state index contributed by atoms with van der Waals surface area (Å²) in [4.78, 5) is 30.6. The summed E-state index contributed by atoms with van der Waals surface area (Å²) in [7, 11) is 0. The minimum absolute atomic E-state index is 0.0505. The van der Waals surface area contributed by atoms with Gasteiger partial charge >= 0.3 is 5.97 Å². The molecule has 0 spiro atoms. The second-order valence-electron chi connectivity index (χ2n) is 8.51. The van der Waals surface area contributed by atoms with E-state index in [4.69, 9.17) is 0 Å². The van der Waals surface area contributed by atoms with Crippen LogP contribution in [0.1, 0.15) is 59.3 Å². The number of anilines is 2. The summed E-state index contributed by atoms with van der Waals surface area (Å²) in [6.07, 6.45) is -3.03. The Morgan fingerprint density at radius 1 is 1.25 bits per heavy atom. The number of fused-ring (bicyclic) bond motifs is 1. The van der Waals surface area contributed by atoms with E-state index in [0.717, 1.165) is 16.7 Å². The minimum atomic E-state index is -2.95. The van der Waals surface area contributed by atoms with E-state index in [9.17, 15) is 37.5 Å². The molecule has 12 heteroatoms. The average Bonchev–Trinajstić information content (AvgIpc) is 2.83. The Labute approximate surface area is 202 Å². The van der Waals surface area contributed by atoms with E-state index in [2.05, 4.69) is 10.3 Å². The predicted octanol–water partition coefficient (Wildman–Crippen LogP) is 4.61. The second kappa shape index (κ2) is 9.49. The fourth-order valence-electron chi connectivity index (χ4n) is 4.19. The number of piperidine rings is 1. The van der Waals surface area contributed by atoms with E-state index < -0.39 is 53.9 Å². The lowest BCUT2D eigenvalue weighted by atomic mass is 10.0. The number of carboxylic acids is 1. The van der Waals surface area contributed by atoms with Gasteiger partial charge < -0.3 is 15.3 Å². The largest absolute Gasteiger partial charge is 0.478 e. The van der Waals surface area contributed by atoms with Gasteiger partial charge in [-0.3, -0.25) is 9.20 Å². The molecule has 0 saturated carbocycles. The number of hydrogen-bond donors (Lipinski definition) is 2. The number of aromatic nitrogens is 2. The molecule has 1 saturated heterocycles. The molecule has 1 atom stereocenters. The lowest BCUT2D eigenvalue weighted by Crippen LogP contribution is -2.41. The van der Waals surface area contributed by atoms with Crippen molar-refractivity contribution in [2.75, 3.05) is 23.3 Å². The van der Waals surface area contributed by atoms with Gasteiger partial charge in [-0.15, -0.1) is 0 Å². The van der Waals surface area contributed by atoms with Crippen LogP contribution in [0.15, 0.2) is 41.3 Å². The Morgan fingerprint density at radius 2 is 1.92 bits per heavy atom. The number of pyridine rings is 1. The van der Waals surface area contributed by atoms with Gasteiger partial charge in [0.05, 0.1) is 11.6 Å². The van der Waals surface area contributed by atoms with Crippen LogP contribution >= 0.6 is 0 Å². The maximum atomic E-state index is 13.7. The highest BCUT2D eigenvalue weighted by molar-refractivity contribution is 5.94. The molecule has 8 nitrogen and oxygen atoms in total. The van der Waals surface area contributed by atoms with Gasteiger partial charge in [0.25, 0.3) is 17.9 Å². The number of alkyl halides is 4. The summed E-state index contributed by atoms with van der Waals surface area (Å²) < 4.78 is 55.7. The van der Waals surface area contributed by atoms with Crippen LogP contribution in [0.3, 0.4) is 0 Å². The Hall–Kier alpha value is -4.14. The zero-order valence-electron chi connectivity index (χ0n) is 19.0. The number of carbonyl (C=O) groups is 1. The van der Waals surface area contributed by atoms with Gasteiger partial charge in [-0.2, -0.15) is 5.26 Å². The number of rotatable bonds is 6. The number of benzene rings is 1. The van der Waals surface area contributed by atoms with Crippen LogP contribution < -0.4 is 15.8 Å². The van der Waals surface area contributed by atoms with Crippen molar-refractivity contribution < 1.29 is 27.5 Å². The maximum absolute atomic E-state index is 13.7. The van der Waals surface area contributed by atoms with Gasteiger partial charge in [-0.05, 0) is 25.1 Å². The third kappa shape index (κ3) is 4.68. The molecule has 188 valence electrons. The fraction of sp³-hybridized carbons (Fsp3) is 0.333. The van der Waals surface area contributed by atoms with E-state index in [1.165, 1.54) is 23.1 Å². The molecule has 0 amide bonds. The van der Waals surface area contributed by atoms with Crippen LogP contribution in [0, 0.1) is 11.3 Å². The quantitative estimate of drug-likeness (QED) is 0.473. The number of nitriles is 1. The Balaban J connectivity index is 1.89. The van der Waals surface area contributed by atoms with Crippen molar-refractivity contribution in [1.82, 2.24) is 9.38 Å². The molecule has 0 unspecified atom stereocenters. The van der Waals surface area contributed by atoms with Gasteiger partial charge in [-0.25, -0.2) is 27.3 Å². The third-order valence-corrected chi connectivity index (χ3v) is 6.11. The second-order valence-corrected chi connectivity index (χ2v) is 8.51. The molecule has 2 aromatic heterocycles. The SMILES string of the molecule is C[C@@H](Nc1ccccc1C(=O)O)c1cc(C(F)F)cn2c(=O)c(C#N)c(N3CCC(F)(F)CC3)nc12. The first kappa shape index (κ1) is 25.0. The van der Waals surface area contributed by atoms with Gasteiger partial charge in [-0.1, -0.05) is 12.1 Å². The Morgan fingerprint density at radius 3 is 2.53 bits per heavy atom. The molecule has 0 radical (unpaired) electrons. The minimum Gasteiger partial charge on any atom is -0.478 e. The summed E-state index contributed by atoms with van der Waals surface area (Å²) >= 11 is 0. The summed E-state index contributed by atoms with van der Waals surface area (Å²) in [5.41, 5.74) is -1.60. The van der Waals surface area contributed by atoms with Gasteiger partial charge in [0.15, 0.2) is 11.4 Å². The first-order chi connectivity index (χ1) is 17.0. The van der Waals surface area contributed by atoms with Crippen molar-refractivity contribution in [1.29, 1.82) is 5.26 Å². The van der Waals surface area contributed by atoms with Crippen LogP contribution in [0.2, 0.25) is 0 Å². The van der Waals surface area contributed by atoms with Crippen molar-refractivity contribution in [3.63, 3.8) is 0 Å². The molecule has 1 aliphatic heterocycles. The summed E-state index contributed by atoms with van der Waals surface area (Å²) in [5.74, 6) is -4.17. The maximum Gasteiger partial charge on any atom is 0.337 e. The number of nitrogens with zero attached hydrogens (tertiary/aromatic N) is 4. The number of carboxylic acid groups (broad SMARTS) is 1. The molecule has 2 N–H and O–H groups in total. The fourth-order valence-corrected chi connectivity index (χ4v) is 4.19. The first-order valence-electron chi connectivity index (χ1n) is 11.0. The van der Waals surface area contributed by atoms with Gasteiger partial charge in [0, 0.05) is 48.9 Å². The number of hydrogen-bond acceptors (Lipinski definition) is 6.